The number of nitrogens with one attached hydrogen (secondary N) is 2. The molecule has 0 saturated heterocycles. The number of imide groups is 1. The number of benzene rings is 3. The fraction of sp³-hybridized carbons (Fsp3) is 0.200. The molecular formula is C30H28ClN3O5. The van der Waals surface area contributed by atoms with Gasteiger partial charge >= 0.3 is 5.97 Å². The Kier molecular flexibility index (Phi) is 8.16. The molecule has 3 aromatic rings. The Morgan fingerprint density at radius 2 is 1.49 bits per heavy atom. The first-order valence-electron chi connectivity index (χ1n) is 12.4. The molecule has 3 aromatic carbocycles. The van der Waals surface area contributed by atoms with Crippen LogP contribution in [0.2, 0.25) is 0 Å². The number of carbonyl (C=O) groups is 4. The molecule has 1 heterocycles. The van der Waals surface area contributed by atoms with Crippen molar-refractivity contribution in [2.24, 2.45) is 0 Å². The number of rotatable bonds is 8. The van der Waals surface area contributed by atoms with Crippen LogP contribution in [0.1, 0.15) is 59.9 Å². The highest BCUT2D eigenvalue weighted by molar-refractivity contribution is 6.53. The van der Waals surface area contributed by atoms with Crippen LogP contribution < -0.4 is 15.5 Å². The van der Waals surface area contributed by atoms with E-state index < -0.39 is 23.7 Å². The predicted octanol–water partition coefficient (Wildman–Crippen LogP) is 6.06. The van der Waals surface area contributed by atoms with Crippen molar-refractivity contribution in [2.45, 2.75) is 39.7 Å². The topological polar surface area (TPSA) is 105 Å². The Labute approximate surface area is 231 Å². The van der Waals surface area contributed by atoms with E-state index in [2.05, 4.69) is 24.5 Å². The van der Waals surface area contributed by atoms with E-state index in [1.165, 1.54) is 6.07 Å². The third-order valence-corrected chi connectivity index (χ3v) is 6.31. The highest BCUT2D eigenvalue weighted by atomic mass is 35.5. The molecule has 0 aromatic heterocycles. The molecule has 9 heteroatoms. The smallest absolute Gasteiger partial charge is 0.338 e. The van der Waals surface area contributed by atoms with Gasteiger partial charge in [0, 0.05) is 16.9 Å². The van der Waals surface area contributed by atoms with Gasteiger partial charge in [0.1, 0.15) is 10.7 Å². The fourth-order valence-electron chi connectivity index (χ4n) is 3.91. The van der Waals surface area contributed by atoms with Crippen LogP contribution >= 0.6 is 11.6 Å². The Morgan fingerprint density at radius 3 is 2.10 bits per heavy atom. The molecule has 0 saturated carbocycles. The fourth-order valence-corrected chi connectivity index (χ4v) is 4.13. The summed E-state index contributed by atoms with van der Waals surface area (Å²) in [6, 6.07) is 20.0. The van der Waals surface area contributed by atoms with E-state index in [0.29, 0.717) is 34.1 Å². The number of hydrogen-bond acceptors (Lipinski definition) is 6. The molecule has 0 radical (unpaired) electrons. The van der Waals surface area contributed by atoms with Crippen molar-refractivity contribution in [1.82, 2.24) is 0 Å². The minimum atomic E-state index is -0.614. The van der Waals surface area contributed by atoms with Crippen molar-refractivity contribution < 1.29 is 23.9 Å². The first-order chi connectivity index (χ1) is 18.5. The van der Waals surface area contributed by atoms with Crippen molar-refractivity contribution in [1.29, 1.82) is 0 Å². The molecule has 1 aliphatic heterocycles. The number of ether oxygens (including phenoxy) is 1. The van der Waals surface area contributed by atoms with Gasteiger partial charge in [-0.25, -0.2) is 9.69 Å². The number of esters is 1. The minimum absolute atomic E-state index is 0.0445. The van der Waals surface area contributed by atoms with E-state index in [0.717, 1.165) is 10.5 Å². The Morgan fingerprint density at radius 1 is 0.821 bits per heavy atom. The van der Waals surface area contributed by atoms with E-state index in [-0.39, 0.29) is 16.8 Å². The van der Waals surface area contributed by atoms with Crippen LogP contribution in [0.5, 0.6) is 0 Å². The van der Waals surface area contributed by atoms with Gasteiger partial charge in [-0.2, -0.15) is 0 Å². The summed E-state index contributed by atoms with van der Waals surface area (Å²) < 4.78 is 5.20. The normalized spacial score (nSPS) is 13.4. The lowest BCUT2D eigenvalue weighted by Gasteiger charge is -2.16. The Bertz CT molecular complexity index is 1460. The lowest BCUT2D eigenvalue weighted by atomic mass is 10.0. The third kappa shape index (κ3) is 6.18. The maximum Gasteiger partial charge on any atom is 0.338 e. The summed E-state index contributed by atoms with van der Waals surface area (Å²) in [6.45, 7) is 7.63. The predicted molar refractivity (Wildman–Crippen MR) is 151 cm³/mol. The molecular weight excluding hydrogens is 518 g/mol. The van der Waals surface area contributed by atoms with Crippen molar-refractivity contribution in [3.05, 3.63) is 100 Å². The van der Waals surface area contributed by atoms with E-state index in [1.807, 2.05) is 12.1 Å². The van der Waals surface area contributed by atoms with Gasteiger partial charge in [0.25, 0.3) is 17.7 Å². The van der Waals surface area contributed by atoms with Crippen molar-refractivity contribution in [3.8, 4) is 0 Å². The number of halogens is 1. The maximum atomic E-state index is 13.1. The average molecular weight is 546 g/mol. The van der Waals surface area contributed by atoms with Crippen molar-refractivity contribution >= 4 is 52.4 Å². The van der Waals surface area contributed by atoms with Crippen molar-refractivity contribution in [3.63, 3.8) is 0 Å². The van der Waals surface area contributed by atoms with Gasteiger partial charge in [0.2, 0.25) is 0 Å². The molecule has 3 amide bonds. The minimum Gasteiger partial charge on any atom is -0.459 e. The summed E-state index contributed by atoms with van der Waals surface area (Å²) in [6.07, 6.45) is -0.259. The van der Waals surface area contributed by atoms with Crippen LogP contribution in [0, 0.1) is 0 Å². The summed E-state index contributed by atoms with van der Waals surface area (Å²) in [5.41, 5.74) is 3.05. The monoisotopic (exact) mass is 545 g/mol. The van der Waals surface area contributed by atoms with Gasteiger partial charge in [0.05, 0.1) is 17.4 Å². The molecule has 39 heavy (non-hydrogen) atoms. The molecule has 0 spiro atoms. The van der Waals surface area contributed by atoms with Crippen LogP contribution in [0.4, 0.5) is 17.1 Å². The van der Waals surface area contributed by atoms with E-state index >= 15 is 0 Å². The summed E-state index contributed by atoms with van der Waals surface area (Å²) in [5.74, 6) is -1.74. The van der Waals surface area contributed by atoms with Gasteiger partial charge < -0.3 is 15.4 Å². The largest absolute Gasteiger partial charge is 0.459 e. The van der Waals surface area contributed by atoms with Crippen LogP contribution in [0.15, 0.2) is 83.5 Å². The molecule has 8 nitrogen and oxygen atoms in total. The summed E-state index contributed by atoms with van der Waals surface area (Å²) in [5, 5.41) is 5.44. The second-order valence-electron chi connectivity index (χ2n) is 9.57. The molecule has 200 valence electrons. The van der Waals surface area contributed by atoms with Gasteiger partial charge in [0.15, 0.2) is 0 Å². The summed E-state index contributed by atoms with van der Waals surface area (Å²) in [4.78, 5) is 51.8. The number of nitrogens with zero attached hydrogens (tertiary/aromatic N) is 1. The van der Waals surface area contributed by atoms with E-state index in [9.17, 15) is 19.2 Å². The van der Waals surface area contributed by atoms with Crippen LogP contribution in [0.3, 0.4) is 0 Å². The first kappa shape index (κ1) is 27.6. The SMILES string of the molecule is CC(C)OC(=O)c1cccc(NC(=O)c2ccc(NC3=C(Cl)C(=O)N(c4ccc(C(C)C)cc4)C3=O)cc2)c1. The van der Waals surface area contributed by atoms with Gasteiger partial charge in [-0.1, -0.05) is 43.6 Å². The van der Waals surface area contributed by atoms with Gasteiger partial charge in [-0.3, -0.25) is 14.4 Å². The van der Waals surface area contributed by atoms with Crippen molar-refractivity contribution in [2.75, 3.05) is 15.5 Å². The summed E-state index contributed by atoms with van der Waals surface area (Å²) in [7, 11) is 0. The van der Waals surface area contributed by atoms with E-state index in [4.69, 9.17) is 16.3 Å². The van der Waals surface area contributed by atoms with Crippen LogP contribution in [0.25, 0.3) is 0 Å². The average Bonchev–Trinajstić information content (AvgIpc) is 3.11. The zero-order chi connectivity index (χ0) is 28.3. The number of carbonyl (C=O) groups excluding carboxylic acids is 4. The number of anilines is 3. The molecule has 0 fully saturated rings. The summed E-state index contributed by atoms with van der Waals surface area (Å²) >= 11 is 6.24. The zero-order valence-corrected chi connectivity index (χ0v) is 22.7. The first-order valence-corrected chi connectivity index (χ1v) is 12.8. The molecule has 0 atom stereocenters. The quantitative estimate of drug-likeness (QED) is 0.263. The molecule has 1 aliphatic rings. The molecule has 0 unspecified atom stereocenters. The number of amides is 3. The highest BCUT2D eigenvalue weighted by Gasteiger charge is 2.39. The lowest BCUT2D eigenvalue weighted by Crippen LogP contribution is -2.32. The van der Waals surface area contributed by atoms with E-state index in [1.54, 1.807) is 68.4 Å². The molecule has 2 N–H and O–H groups in total. The zero-order valence-electron chi connectivity index (χ0n) is 21.9. The van der Waals surface area contributed by atoms with Gasteiger partial charge in [-0.15, -0.1) is 0 Å². The Hall–Kier alpha value is -4.43. The number of hydrogen-bond donors (Lipinski definition) is 2. The second kappa shape index (κ2) is 11.5. The highest BCUT2D eigenvalue weighted by Crippen LogP contribution is 2.31. The lowest BCUT2D eigenvalue weighted by molar-refractivity contribution is -0.120. The second-order valence-corrected chi connectivity index (χ2v) is 9.95. The standard InChI is InChI=1S/C30H28ClN3O5/c1-17(2)19-10-14-24(15-11-19)34-28(36)25(31)26(29(34)37)32-22-12-8-20(9-13-22)27(35)33-23-7-5-6-21(16-23)30(38)39-18(3)4/h5-18,32H,1-4H3,(H,33,35). The molecule has 0 bridgehead atoms. The molecule has 0 aliphatic carbocycles. The maximum absolute atomic E-state index is 13.1. The third-order valence-electron chi connectivity index (χ3n) is 5.96. The Balaban J connectivity index is 1.43. The van der Waals surface area contributed by atoms with Gasteiger partial charge in [-0.05, 0) is 79.9 Å². The van der Waals surface area contributed by atoms with Crippen LogP contribution in [-0.4, -0.2) is 29.8 Å². The molecule has 4 rings (SSSR count). The van der Waals surface area contributed by atoms with Crippen LogP contribution in [-0.2, 0) is 14.3 Å².